The molecule has 0 saturated carbocycles. The first-order valence-corrected chi connectivity index (χ1v) is 7.08. The molecule has 82 valence electrons. The molecule has 1 aliphatic heterocycles. The van der Waals surface area contributed by atoms with Crippen LogP contribution in [0.1, 0.15) is 18.4 Å². The molecule has 1 aromatic heterocycles. The number of aryl methyl sites for hydroxylation is 1. The summed E-state index contributed by atoms with van der Waals surface area (Å²) in [5, 5.41) is 1.02. The third-order valence-electron chi connectivity index (χ3n) is 2.79. The van der Waals surface area contributed by atoms with Crippen LogP contribution in [0.15, 0.2) is 16.7 Å². The van der Waals surface area contributed by atoms with Crippen molar-refractivity contribution in [3.63, 3.8) is 0 Å². The Morgan fingerprint density at radius 2 is 2.40 bits per heavy atom. The Kier molecular flexibility index (Phi) is 3.67. The van der Waals surface area contributed by atoms with Crippen LogP contribution in [0, 0.1) is 6.92 Å². The third kappa shape index (κ3) is 2.36. The van der Waals surface area contributed by atoms with Gasteiger partial charge >= 0.3 is 0 Å². The van der Waals surface area contributed by atoms with Crippen molar-refractivity contribution in [3.05, 3.63) is 22.3 Å². The predicted octanol–water partition coefficient (Wildman–Crippen LogP) is 3.52. The highest BCUT2D eigenvalue weighted by atomic mass is 79.9. The number of aromatic nitrogens is 1. The lowest BCUT2D eigenvalue weighted by Crippen LogP contribution is -2.31. The molecule has 0 aliphatic carbocycles. The number of nitrogens with zero attached hydrogens (tertiary/aromatic N) is 2. The van der Waals surface area contributed by atoms with E-state index >= 15 is 0 Å². The van der Waals surface area contributed by atoms with Crippen molar-refractivity contribution in [1.82, 2.24) is 4.98 Å². The second kappa shape index (κ2) is 4.83. The first-order valence-electron chi connectivity index (χ1n) is 5.17. The molecule has 1 aromatic rings. The van der Waals surface area contributed by atoms with Crippen LogP contribution in [0.25, 0.3) is 0 Å². The van der Waals surface area contributed by atoms with Gasteiger partial charge < -0.3 is 4.90 Å². The second-order valence-corrected chi connectivity index (χ2v) is 5.46. The molecule has 1 saturated heterocycles. The van der Waals surface area contributed by atoms with Crippen molar-refractivity contribution >= 4 is 37.7 Å². The Morgan fingerprint density at radius 3 is 3.07 bits per heavy atom. The van der Waals surface area contributed by atoms with E-state index < -0.39 is 0 Å². The first kappa shape index (κ1) is 11.4. The summed E-state index contributed by atoms with van der Waals surface area (Å²) >= 11 is 7.16. The van der Waals surface area contributed by atoms with Crippen molar-refractivity contribution in [2.24, 2.45) is 0 Å². The minimum Gasteiger partial charge on any atom is -0.352 e. The number of pyridine rings is 1. The summed E-state index contributed by atoms with van der Waals surface area (Å²) in [7, 11) is 0. The zero-order valence-corrected chi connectivity index (χ0v) is 11.9. The minimum absolute atomic E-state index is 0.594. The molecule has 0 amide bonds. The van der Waals surface area contributed by atoms with Crippen LogP contribution in [-0.2, 0) is 0 Å². The lowest BCUT2D eigenvalue weighted by Gasteiger charge is -2.25. The zero-order valence-electron chi connectivity index (χ0n) is 8.71. The minimum atomic E-state index is 0.594. The van der Waals surface area contributed by atoms with Crippen LogP contribution in [0.5, 0.6) is 0 Å². The molecule has 0 N–H and O–H groups in total. The molecule has 1 aliphatic rings. The molecule has 0 radical (unpaired) electrons. The molecule has 1 atom stereocenters. The van der Waals surface area contributed by atoms with Gasteiger partial charge in [0.2, 0.25) is 0 Å². The van der Waals surface area contributed by atoms with E-state index in [9.17, 15) is 0 Å². The summed E-state index contributed by atoms with van der Waals surface area (Å²) in [5.41, 5.74) is 1.19. The molecule has 1 fully saturated rings. The van der Waals surface area contributed by atoms with Crippen LogP contribution < -0.4 is 4.90 Å². The van der Waals surface area contributed by atoms with E-state index in [1.807, 2.05) is 6.20 Å². The molecule has 15 heavy (non-hydrogen) atoms. The van der Waals surface area contributed by atoms with E-state index in [2.05, 4.69) is 54.7 Å². The van der Waals surface area contributed by atoms with Crippen LogP contribution >= 0.6 is 31.9 Å². The van der Waals surface area contributed by atoms with E-state index in [1.165, 1.54) is 18.4 Å². The summed E-state index contributed by atoms with van der Waals surface area (Å²) in [6.45, 7) is 3.18. The molecule has 2 heterocycles. The van der Waals surface area contributed by atoms with Gasteiger partial charge in [-0.1, -0.05) is 15.9 Å². The van der Waals surface area contributed by atoms with Gasteiger partial charge in [-0.25, -0.2) is 4.98 Å². The van der Waals surface area contributed by atoms with E-state index in [0.717, 1.165) is 22.2 Å². The van der Waals surface area contributed by atoms with Crippen LogP contribution in [-0.4, -0.2) is 22.9 Å². The Bertz CT molecular complexity index is 354. The smallest absolute Gasteiger partial charge is 0.143 e. The number of anilines is 1. The van der Waals surface area contributed by atoms with E-state index in [1.54, 1.807) is 0 Å². The zero-order chi connectivity index (χ0) is 10.8. The molecule has 0 spiro atoms. The quantitative estimate of drug-likeness (QED) is 0.770. The van der Waals surface area contributed by atoms with Gasteiger partial charge in [0.25, 0.3) is 0 Å². The highest BCUT2D eigenvalue weighted by molar-refractivity contribution is 9.10. The fourth-order valence-electron chi connectivity index (χ4n) is 2.01. The highest BCUT2D eigenvalue weighted by Gasteiger charge is 2.25. The van der Waals surface area contributed by atoms with Gasteiger partial charge in [-0.15, -0.1) is 0 Å². The molecule has 4 heteroatoms. The van der Waals surface area contributed by atoms with Gasteiger partial charge in [-0.05, 0) is 47.3 Å². The fourth-order valence-corrected chi connectivity index (χ4v) is 3.38. The maximum absolute atomic E-state index is 4.52. The largest absolute Gasteiger partial charge is 0.352 e. The number of alkyl halides is 1. The van der Waals surface area contributed by atoms with Crippen molar-refractivity contribution < 1.29 is 0 Å². The number of halogens is 2. The second-order valence-electron chi connectivity index (χ2n) is 3.96. The number of hydrogen-bond acceptors (Lipinski definition) is 2. The third-order valence-corrected chi connectivity index (χ3v) is 4.12. The van der Waals surface area contributed by atoms with Crippen molar-refractivity contribution in [2.45, 2.75) is 25.8 Å². The summed E-state index contributed by atoms with van der Waals surface area (Å²) in [4.78, 5) is 6.90. The maximum Gasteiger partial charge on any atom is 0.143 e. The summed E-state index contributed by atoms with van der Waals surface area (Å²) in [6.07, 6.45) is 4.45. The van der Waals surface area contributed by atoms with E-state index in [-0.39, 0.29) is 0 Å². The number of hydrogen-bond donors (Lipinski definition) is 0. The van der Waals surface area contributed by atoms with Crippen molar-refractivity contribution in [2.75, 3.05) is 16.8 Å². The van der Waals surface area contributed by atoms with Gasteiger partial charge in [0.15, 0.2) is 0 Å². The van der Waals surface area contributed by atoms with E-state index in [4.69, 9.17) is 0 Å². The normalized spacial score (nSPS) is 21.0. The molecule has 0 bridgehead atoms. The van der Waals surface area contributed by atoms with Gasteiger partial charge in [0.1, 0.15) is 5.82 Å². The number of rotatable bonds is 2. The van der Waals surface area contributed by atoms with Crippen LogP contribution in [0.2, 0.25) is 0 Å². The summed E-state index contributed by atoms with van der Waals surface area (Å²) in [5.74, 6) is 1.09. The monoisotopic (exact) mass is 332 g/mol. The predicted molar refractivity (Wildman–Crippen MR) is 70.8 cm³/mol. The molecule has 2 nitrogen and oxygen atoms in total. The standard InChI is InChI=1S/C11H14Br2N2/c1-8-5-10(13)11(14-7-8)15-4-2-3-9(15)6-12/h5,7,9H,2-4,6H2,1H3. The van der Waals surface area contributed by atoms with Gasteiger partial charge in [-0.3, -0.25) is 0 Å². The summed E-state index contributed by atoms with van der Waals surface area (Å²) in [6, 6.07) is 2.72. The summed E-state index contributed by atoms with van der Waals surface area (Å²) < 4.78 is 1.11. The molecular formula is C11H14Br2N2. The van der Waals surface area contributed by atoms with Gasteiger partial charge in [0, 0.05) is 24.1 Å². The first-order chi connectivity index (χ1) is 7.22. The highest BCUT2D eigenvalue weighted by Crippen LogP contribution is 2.31. The Balaban J connectivity index is 2.28. The molecule has 1 unspecified atom stereocenters. The lowest BCUT2D eigenvalue weighted by molar-refractivity contribution is 0.740. The molecule has 0 aromatic carbocycles. The fraction of sp³-hybridized carbons (Fsp3) is 0.545. The van der Waals surface area contributed by atoms with Gasteiger partial charge in [0.05, 0.1) is 4.47 Å². The average Bonchev–Trinajstić information content (AvgIpc) is 2.65. The SMILES string of the molecule is Cc1cnc(N2CCCC2CBr)c(Br)c1. The average molecular weight is 334 g/mol. The van der Waals surface area contributed by atoms with Crippen LogP contribution in [0.3, 0.4) is 0 Å². The Morgan fingerprint density at radius 1 is 1.60 bits per heavy atom. The molecular weight excluding hydrogens is 320 g/mol. The Labute approximate surface area is 107 Å². The Hall–Kier alpha value is -0.0900. The lowest BCUT2D eigenvalue weighted by atomic mass is 10.2. The van der Waals surface area contributed by atoms with Crippen molar-refractivity contribution in [3.8, 4) is 0 Å². The van der Waals surface area contributed by atoms with Crippen molar-refractivity contribution in [1.29, 1.82) is 0 Å². The topological polar surface area (TPSA) is 16.1 Å². The maximum atomic E-state index is 4.52. The molecule has 2 rings (SSSR count). The van der Waals surface area contributed by atoms with E-state index in [0.29, 0.717) is 6.04 Å². The van der Waals surface area contributed by atoms with Gasteiger partial charge in [-0.2, -0.15) is 0 Å². The van der Waals surface area contributed by atoms with Crippen LogP contribution in [0.4, 0.5) is 5.82 Å².